The van der Waals surface area contributed by atoms with Crippen LogP contribution in [-0.4, -0.2) is 58.2 Å². The first-order valence-corrected chi connectivity index (χ1v) is 11.3. The predicted molar refractivity (Wildman–Crippen MR) is 123 cm³/mol. The zero-order valence-electron chi connectivity index (χ0n) is 19.5. The number of rotatable bonds is 1. The molecule has 10 nitrogen and oxygen atoms in total. The summed E-state index contributed by atoms with van der Waals surface area (Å²) >= 11 is 0. The Kier molecular flexibility index (Phi) is 7.15. The van der Waals surface area contributed by atoms with Gasteiger partial charge in [0.25, 0.3) is 11.5 Å². The molecule has 35 heavy (non-hydrogen) atoms. The second-order valence-electron chi connectivity index (χ2n) is 8.46. The molecule has 2 aliphatic heterocycles. The maximum atomic E-state index is 13.8. The second kappa shape index (κ2) is 10.3. The molecule has 11 heteroatoms. The molecule has 1 aromatic heterocycles. The van der Waals surface area contributed by atoms with Crippen molar-refractivity contribution < 1.29 is 28.6 Å². The number of ether oxygens (including phenoxy) is 2. The maximum absolute atomic E-state index is 13.8. The van der Waals surface area contributed by atoms with Crippen molar-refractivity contribution in [3.63, 3.8) is 0 Å². The third-order valence-corrected chi connectivity index (χ3v) is 6.26. The molecular weight excluding hydrogens is 459 g/mol. The van der Waals surface area contributed by atoms with Gasteiger partial charge in [-0.1, -0.05) is 12.1 Å². The minimum absolute atomic E-state index is 0.0443. The SMILES string of the molecule is COC1CCC2c3nc(c(O)c(=O)n3C1)C(=O)NCc1ccc(F)cc1OCCC=CC(=O)N2C. The number of aromatic nitrogens is 2. The van der Waals surface area contributed by atoms with Crippen LogP contribution < -0.4 is 15.6 Å². The fourth-order valence-corrected chi connectivity index (χ4v) is 4.24. The highest BCUT2D eigenvalue weighted by Crippen LogP contribution is 2.30. The van der Waals surface area contributed by atoms with Gasteiger partial charge >= 0.3 is 0 Å². The number of methoxy groups -OCH3 is 1. The number of aromatic hydroxyl groups is 1. The fraction of sp³-hybridized carbons (Fsp3) is 0.417. The van der Waals surface area contributed by atoms with E-state index in [9.17, 15) is 23.9 Å². The van der Waals surface area contributed by atoms with Gasteiger partial charge in [-0.25, -0.2) is 9.37 Å². The summed E-state index contributed by atoms with van der Waals surface area (Å²) in [5.74, 6) is -1.99. The highest BCUT2D eigenvalue weighted by molar-refractivity contribution is 5.94. The monoisotopic (exact) mass is 486 g/mol. The van der Waals surface area contributed by atoms with Gasteiger partial charge in [-0.3, -0.25) is 19.0 Å². The number of hydrogen-bond donors (Lipinski definition) is 2. The van der Waals surface area contributed by atoms with Crippen LogP contribution in [0.5, 0.6) is 11.5 Å². The van der Waals surface area contributed by atoms with Crippen LogP contribution >= 0.6 is 0 Å². The smallest absolute Gasteiger partial charge is 0.296 e. The Hall–Kier alpha value is -3.73. The Bertz CT molecular complexity index is 1230. The lowest BCUT2D eigenvalue weighted by Gasteiger charge is -2.27. The zero-order valence-corrected chi connectivity index (χ0v) is 19.5. The van der Waals surface area contributed by atoms with Crippen molar-refractivity contribution >= 4 is 11.8 Å². The number of carbonyl (C=O) groups is 2. The third-order valence-electron chi connectivity index (χ3n) is 6.26. The van der Waals surface area contributed by atoms with Crippen molar-refractivity contribution in [2.75, 3.05) is 20.8 Å². The molecule has 0 aliphatic carbocycles. The number of hydrogen-bond acceptors (Lipinski definition) is 7. The fourth-order valence-electron chi connectivity index (χ4n) is 4.24. The van der Waals surface area contributed by atoms with Crippen molar-refractivity contribution in [2.24, 2.45) is 0 Å². The average molecular weight is 487 g/mol. The average Bonchev–Trinajstić information content (AvgIpc) is 3.03. The number of nitrogens with one attached hydrogen (secondary N) is 1. The molecule has 0 saturated heterocycles. The van der Waals surface area contributed by atoms with Gasteiger partial charge in [0.2, 0.25) is 11.7 Å². The van der Waals surface area contributed by atoms with E-state index in [0.717, 1.165) is 0 Å². The largest absolute Gasteiger partial charge is 0.501 e. The molecule has 2 unspecified atom stereocenters. The van der Waals surface area contributed by atoms with Crippen LogP contribution in [-0.2, 0) is 22.6 Å². The Morgan fingerprint density at radius 3 is 2.83 bits per heavy atom. The Labute approximate surface area is 201 Å². The van der Waals surface area contributed by atoms with Crippen LogP contribution in [0.3, 0.4) is 0 Å². The van der Waals surface area contributed by atoms with Crippen LogP contribution in [0.1, 0.15) is 47.2 Å². The normalized spacial score (nSPS) is 21.1. The Morgan fingerprint density at radius 2 is 2.06 bits per heavy atom. The van der Waals surface area contributed by atoms with E-state index in [1.165, 1.54) is 40.9 Å². The minimum atomic E-state index is -0.799. The molecule has 1 aromatic carbocycles. The molecule has 186 valence electrons. The summed E-state index contributed by atoms with van der Waals surface area (Å²) in [7, 11) is 3.11. The summed E-state index contributed by atoms with van der Waals surface area (Å²) < 4.78 is 26.2. The summed E-state index contributed by atoms with van der Waals surface area (Å²) in [4.78, 5) is 44.8. The quantitative estimate of drug-likeness (QED) is 0.629. The van der Waals surface area contributed by atoms with Crippen LogP contribution in [0.15, 0.2) is 35.1 Å². The van der Waals surface area contributed by atoms with Crippen LogP contribution in [0, 0.1) is 5.82 Å². The number of halogens is 1. The van der Waals surface area contributed by atoms with E-state index < -0.39 is 34.8 Å². The third kappa shape index (κ3) is 5.04. The van der Waals surface area contributed by atoms with Gasteiger partial charge in [0.05, 0.1) is 25.3 Å². The first kappa shape index (κ1) is 24.4. The standard InChI is InChI=1S/C24H27FN4O6/c1-28-17-9-8-16(34-2)13-29-22(17)27-20(21(31)24(29)33)23(32)26-12-14-6-7-15(25)11-18(14)35-10-4-3-5-19(28)30/h3,5-7,11,16-17,31H,4,8-10,12-13H2,1-2H3,(H,26,32). The van der Waals surface area contributed by atoms with E-state index in [2.05, 4.69) is 10.3 Å². The highest BCUT2D eigenvalue weighted by Gasteiger charge is 2.33. The molecule has 2 N–H and O–H groups in total. The first-order chi connectivity index (χ1) is 16.8. The number of amides is 2. The van der Waals surface area contributed by atoms with Crippen LogP contribution in [0.2, 0.25) is 0 Å². The van der Waals surface area contributed by atoms with Crippen molar-refractivity contribution in [3.05, 3.63) is 63.6 Å². The lowest BCUT2D eigenvalue weighted by molar-refractivity contribution is -0.127. The Balaban J connectivity index is 1.81. The summed E-state index contributed by atoms with van der Waals surface area (Å²) in [6, 6.07) is 3.29. The Morgan fingerprint density at radius 1 is 1.26 bits per heavy atom. The van der Waals surface area contributed by atoms with Gasteiger partial charge in [-0.2, -0.15) is 0 Å². The highest BCUT2D eigenvalue weighted by atomic mass is 19.1. The molecule has 2 atom stereocenters. The van der Waals surface area contributed by atoms with Crippen molar-refractivity contribution in [1.82, 2.24) is 19.8 Å². The van der Waals surface area contributed by atoms with Crippen molar-refractivity contribution in [3.8, 4) is 11.5 Å². The minimum Gasteiger partial charge on any atom is -0.501 e. The van der Waals surface area contributed by atoms with Crippen molar-refractivity contribution in [2.45, 2.75) is 44.5 Å². The summed E-state index contributed by atoms with van der Waals surface area (Å²) in [6.07, 6.45) is 4.09. The molecule has 0 spiro atoms. The molecule has 2 aromatic rings. The second-order valence-corrected chi connectivity index (χ2v) is 8.46. The maximum Gasteiger partial charge on any atom is 0.296 e. The van der Waals surface area contributed by atoms with E-state index >= 15 is 0 Å². The lowest BCUT2D eigenvalue weighted by Crippen LogP contribution is -2.37. The van der Waals surface area contributed by atoms with Crippen LogP contribution in [0.25, 0.3) is 0 Å². The van der Waals surface area contributed by atoms with E-state index in [0.29, 0.717) is 24.8 Å². The summed E-state index contributed by atoms with van der Waals surface area (Å²) in [6.45, 7) is 0.271. The number of benzene rings is 1. The molecule has 2 amide bonds. The van der Waals surface area contributed by atoms with Gasteiger partial charge in [-0.05, 0) is 31.4 Å². The van der Waals surface area contributed by atoms with Gasteiger partial charge in [0.15, 0.2) is 5.69 Å². The first-order valence-electron chi connectivity index (χ1n) is 11.3. The van der Waals surface area contributed by atoms with Gasteiger partial charge in [0.1, 0.15) is 17.4 Å². The van der Waals surface area contributed by atoms with Gasteiger partial charge in [-0.15, -0.1) is 0 Å². The number of nitrogens with zero attached hydrogens (tertiary/aromatic N) is 3. The molecule has 3 heterocycles. The molecule has 2 bridgehead atoms. The van der Waals surface area contributed by atoms with E-state index in [-0.39, 0.29) is 43.3 Å². The van der Waals surface area contributed by atoms with E-state index in [1.807, 2.05) is 0 Å². The van der Waals surface area contributed by atoms with Crippen molar-refractivity contribution in [1.29, 1.82) is 0 Å². The molecule has 0 radical (unpaired) electrons. The van der Waals surface area contributed by atoms with E-state index in [4.69, 9.17) is 9.47 Å². The number of likely N-dealkylation sites (N-methyl/N-ethyl adjacent to an activating group) is 1. The van der Waals surface area contributed by atoms with Gasteiger partial charge in [0, 0.05) is 32.3 Å². The summed E-state index contributed by atoms with van der Waals surface area (Å²) in [5, 5.41) is 13.2. The van der Waals surface area contributed by atoms with Gasteiger partial charge < -0.3 is 24.8 Å². The number of fused-ring (bicyclic) bond motifs is 2. The molecular formula is C24H27FN4O6. The predicted octanol–water partition coefficient (Wildman–Crippen LogP) is 1.66. The number of carbonyl (C=O) groups excluding carboxylic acids is 2. The molecule has 2 aliphatic rings. The molecule has 0 fully saturated rings. The zero-order chi connectivity index (χ0) is 25.1. The molecule has 0 saturated carbocycles. The van der Waals surface area contributed by atoms with Crippen LogP contribution in [0.4, 0.5) is 4.39 Å². The summed E-state index contributed by atoms with van der Waals surface area (Å²) in [5.41, 5.74) is -0.744. The molecule has 4 rings (SSSR count). The topological polar surface area (TPSA) is 123 Å². The van der Waals surface area contributed by atoms with E-state index in [1.54, 1.807) is 13.1 Å². The lowest BCUT2D eigenvalue weighted by atomic mass is 10.1.